The maximum Gasteiger partial charge on any atom is 0.416 e. The Morgan fingerprint density at radius 1 is 1.25 bits per heavy atom. The molecule has 86 valence electrons. The van der Waals surface area contributed by atoms with Gasteiger partial charge in [0.25, 0.3) is 0 Å². The number of alkyl halides is 3. The Balaban J connectivity index is 1.97. The van der Waals surface area contributed by atoms with E-state index < -0.39 is 11.7 Å². The molecule has 2 saturated heterocycles. The Kier molecular flexibility index (Phi) is 1.90. The van der Waals surface area contributed by atoms with Crippen LogP contribution in [0.1, 0.15) is 24.0 Å². The van der Waals surface area contributed by atoms with Crippen LogP contribution in [0.25, 0.3) is 0 Å². The Hall–Kier alpha value is -1.03. The van der Waals surface area contributed by atoms with E-state index in [1.165, 1.54) is 12.1 Å². The van der Waals surface area contributed by atoms with E-state index in [4.69, 9.17) is 0 Å². The summed E-state index contributed by atoms with van der Waals surface area (Å²) in [5.74, 6) is 0. The van der Waals surface area contributed by atoms with Crippen LogP contribution in [-0.2, 0) is 11.6 Å². The molecule has 2 aliphatic heterocycles. The zero-order valence-corrected chi connectivity index (χ0v) is 8.64. The van der Waals surface area contributed by atoms with Gasteiger partial charge in [0.15, 0.2) is 0 Å². The standard InChI is InChI=1S/C12H12F3N/c13-12(14,15)9-3-1-2-8(4-9)11-5-10(6-11)16-7-11/h1-4,10,16H,5-7H2. The molecule has 0 aromatic heterocycles. The highest BCUT2D eigenvalue weighted by Crippen LogP contribution is 2.49. The molecule has 0 spiro atoms. The first-order valence-electron chi connectivity index (χ1n) is 5.41. The van der Waals surface area contributed by atoms with Crippen LogP contribution in [0.2, 0.25) is 0 Å². The molecule has 2 bridgehead atoms. The number of halogens is 3. The molecule has 1 N–H and O–H groups in total. The highest BCUT2D eigenvalue weighted by atomic mass is 19.4. The quantitative estimate of drug-likeness (QED) is 0.777. The second-order valence-electron chi connectivity index (χ2n) is 4.84. The molecule has 2 heterocycles. The van der Waals surface area contributed by atoms with Crippen LogP contribution in [0.4, 0.5) is 13.2 Å². The van der Waals surface area contributed by atoms with Crippen molar-refractivity contribution in [3.63, 3.8) is 0 Å². The highest BCUT2D eigenvalue weighted by Gasteiger charge is 2.51. The van der Waals surface area contributed by atoms with Crippen LogP contribution in [0, 0.1) is 0 Å². The van der Waals surface area contributed by atoms with Gasteiger partial charge in [0, 0.05) is 18.0 Å². The van der Waals surface area contributed by atoms with E-state index in [9.17, 15) is 13.2 Å². The second kappa shape index (κ2) is 3.00. The number of hydrogen-bond acceptors (Lipinski definition) is 1. The summed E-state index contributed by atoms with van der Waals surface area (Å²) in [6.45, 7) is 0.818. The van der Waals surface area contributed by atoms with Crippen molar-refractivity contribution in [2.24, 2.45) is 0 Å². The Bertz CT molecular complexity index is 413. The summed E-state index contributed by atoms with van der Waals surface area (Å²) in [5.41, 5.74) is 0.282. The smallest absolute Gasteiger partial charge is 0.313 e. The van der Waals surface area contributed by atoms with E-state index in [2.05, 4.69) is 5.32 Å². The number of nitrogens with one attached hydrogen (secondary N) is 1. The van der Waals surface area contributed by atoms with Gasteiger partial charge in [0.05, 0.1) is 5.56 Å². The van der Waals surface area contributed by atoms with E-state index in [0.717, 1.165) is 31.0 Å². The van der Waals surface area contributed by atoms with Gasteiger partial charge in [-0.25, -0.2) is 0 Å². The topological polar surface area (TPSA) is 12.0 Å². The van der Waals surface area contributed by atoms with E-state index >= 15 is 0 Å². The third-order valence-corrected chi connectivity index (χ3v) is 3.81. The summed E-state index contributed by atoms with van der Waals surface area (Å²) in [4.78, 5) is 0. The fourth-order valence-corrected chi connectivity index (χ4v) is 2.88. The van der Waals surface area contributed by atoms with Gasteiger partial charge in [-0.15, -0.1) is 0 Å². The molecule has 0 radical (unpaired) electrons. The molecule has 1 saturated carbocycles. The number of rotatable bonds is 1. The summed E-state index contributed by atoms with van der Waals surface area (Å²) in [5, 5.41) is 3.31. The highest BCUT2D eigenvalue weighted by molar-refractivity contribution is 5.37. The lowest BCUT2D eigenvalue weighted by Gasteiger charge is -2.37. The number of fused-ring (bicyclic) bond motifs is 1. The monoisotopic (exact) mass is 227 g/mol. The minimum Gasteiger partial charge on any atom is -0.313 e. The van der Waals surface area contributed by atoms with Crippen LogP contribution in [0.3, 0.4) is 0 Å². The van der Waals surface area contributed by atoms with Crippen LogP contribution >= 0.6 is 0 Å². The van der Waals surface area contributed by atoms with Gasteiger partial charge in [-0.1, -0.05) is 18.2 Å². The molecule has 4 heteroatoms. The number of benzene rings is 1. The van der Waals surface area contributed by atoms with Gasteiger partial charge in [0.1, 0.15) is 0 Å². The predicted octanol–water partition coefficient (Wildman–Crippen LogP) is 2.71. The van der Waals surface area contributed by atoms with Gasteiger partial charge in [-0.3, -0.25) is 0 Å². The molecule has 0 unspecified atom stereocenters. The van der Waals surface area contributed by atoms with Crippen LogP contribution in [-0.4, -0.2) is 12.6 Å². The average molecular weight is 227 g/mol. The van der Waals surface area contributed by atoms with Crippen molar-refractivity contribution in [1.82, 2.24) is 5.32 Å². The van der Waals surface area contributed by atoms with Crippen molar-refractivity contribution in [3.8, 4) is 0 Å². The molecule has 3 fully saturated rings. The summed E-state index contributed by atoms with van der Waals surface area (Å²) in [6, 6.07) is 6.30. The molecule has 1 aromatic rings. The largest absolute Gasteiger partial charge is 0.416 e. The SMILES string of the molecule is FC(F)(F)c1cccc(C23CNC(C2)C3)c1. The van der Waals surface area contributed by atoms with Gasteiger partial charge < -0.3 is 5.32 Å². The minimum atomic E-state index is -4.23. The predicted molar refractivity (Wildman–Crippen MR) is 54.1 cm³/mol. The Morgan fingerprint density at radius 3 is 2.56 bits per heavy atom. The fraction of sp³-hybridized carbons (Fsp3) is 0.500. The normalized spacial score (nSPS) is 32.6. The summed E-state index contributed by atoms with van der Waals surface area (Å²) in [6.07, 6.45) is -2.27. The van der Waals surface area contributed by atoms with Crippen molar-refractivity contribution < 1.29 is 13.2 Å². The van der Waals surface area contributed by atoms with Crippen molar-refractivity contribution in [2.45, 2.75) is 30.5 Å². The van der Waals surface area contributed by atoms with Crippen molar-refractivity contribution in [1.29, 1.82) is 0 Å². The van der Waals surface area contributed by atoms with Gasteiger partial charge in [-0.05, 0) is 24.5 Å². The first-order valence-corrected chi connectivity index (χ1v) is 5.41. The Morgan fingerprint density at radius 2 is 2.00 bits per heavy atom. The second-order valence-corrected chi connectivity index (χ2v) is 4.84. The van der Waals surface area contributed by atoms with Crippen molar-refractivity contribution in [3.05, 3.63) is 35.4 Å². The third kappa shape index (κ3) is 1.36. The van der Waals surface area contributed by atoms with E-state index in [-0.39, 0.29) is 5.41 Å². The summed E-state index contributed by atoms with van der Waals surface area (Å²) in [7, 11) is 0. The molecule has 1 aromatic carbocycles. The zero-order chi connectivity index (χ0) is 11.4. The Labute approximate surface area is 91.7 Å². The summed E-state index contributed by atoms with van der Waals surface area (Å²) < 4.78 is 37.7. The lowest BCUT2D eigenvalue weighted by Crippen LogP contribution is -2.37. The van der Waals surface area contributed by atoms with Gasteiger partial charge in [0.2, 0.25) is 0 Å². The first kappa shape index (κ1) is 10.1. The van der Waals surface area contributed by atoms with E-state index in [1.54, 1.807) is 0 Å². The zero-order valence-electron chi connectivity index (χ0n) is 8.64. The van der Waals surface area contributed by atoms with Gasteiger partial charge in [-0.2, -0.15) is 13.2 Å². The average Bonchev–Trinajstić information content (AvgIpc) is 2.75. The van der Waals surface area contributed by atoms with Crippen LogP contribution in [0.5, 0.6) is 0 Å². The maximum atomic E-state index is 12.6. The molecule has 3 aliphatic rings. The van der Waals surface area contributed by atoms with E-state index in [1.807, 2.05) is 6.07 Å². The number of hydrogen-bond donors (Lipinski definition) is 1. The van der Waals surface area contributed by atoms with Crippen LogP contribution in [0.15, 0.2) is 24.3 Å². The molecular formula is C12H12F3N. The lowest BCUT2D eigenvalue weighted by molar-refractivity contribution is -0.137. The minimum absolute atomic E-state index is 0.0219. The molecule has 16 heavy (non-hydrogen) atoms. The first-order chi connectivity index (χ1) is 7.50. The van der Waals surface area contributed by atoms with E-state index in [0.29, 0.717) is 6.04 Å². The molecule has 0 amide bonds. The van der Waals surface area contributed by atoms with Crippen molar-refractivity contribution >= 4 is 0 Å². The molecule has 1 aliphatic carbocycles. The van der Waals surface area contributed by atoms with Crippen LogP contribution < -0.4 is 5.32 Å². The molecular weight excluding hydrogens is 215 g/mol. The summed E-state index contributed by atoms with van der Waals surface area (Å²) >= 11 is 0. The molecule has 1 nitrogen and oxygen atoms in total. The third-order valence-electron chi connectivity index (χ3n) is 3.81. The maximum absolute atomic E-state index is 12.6. The van der Waals surface area contributed by atoms with Gasteiger partial charge >= 0.3 is 6.18 Å². The molecule has 4 rings (SSSR count). The fourth-order valence-electron chi connectivity index (χ4n) is 2.88. The molecule has 0 atom stereocenters. The lowest BCUT2D eigenvalue weighted by atomic mass is 9.66. The van der Waals surface area contributed by atoms with Crippen molar-refractivity contribution in [2.75, 3.05) is 6.54 Å².